The Hall–Kier alpha value is -1.91. The molecule has 0 radical (unpaired) electrons. The predicted molar refractivity (Wildman–Crippen MR) is 76.6 cm³/mol. The summed E-state index contributed by atoms with van der Waals surface area (Å²) in [4.78, 5) is 29.9. The number of rotatable bonds is 3. The Kier molecular flexibility index (Phi) is 3.66. The van der Waals surface area contributed by atoms with E-state index < -0.39 is 12.0 Å². The van der Waals surface area contributed by atoms with E-state index in [2.05, 4.69) is 4.98 Å². The second-order valence-corrected chi connectivity index (χ2v) is 6.13. The fourth-order valence-corrected chi connectivity index (χ4v) is 3.83. The lowest BCUT2D eigenvalue weighted by atomic mass is 9.94. The summed E-state index contributed by atoms with van der Waals surface area (Å²) in [6.45, 7) is 2.51. The van der Waals surface area contributed by atoms with Gasteiger partial charge in [0.2, 0.25) is 5.91 Å². The van der Waals surface area contributed by atoms with Gasteiger partial charge < -0.3 is 10.0 Å². The topological polar surface area (TPSA) is 70.5 Å². The van der Waals surface area contributed by atoms with Crippen LogP contribution in [0, 0.1) is 18.8 Å². The van der Waals surface area contributed by atoms with Gasteiger partial charge in [0, 0.05) is 12.7 Å². The maximum atomic E-state index is 12.5. The lowest BCUT2D eigenvalue weighted by molar-refractivity contribution is -0.149. The van der Waals surface area contributed by atoms with E-state index in [1.165, 1.54) is 0 Å². The zero-order valence-electron chi connectivity index (χ0n) is 12.2. The highest BCUT2D eigenvalue weighted by Gasteiger charge is 2.49. The van der Waals surface area contributed by atoms with Crippen LogP contribution in [-0.2, 0) is 16.0 Å². The summed E-state index contributed by atoms with van der Waals surface area (Å²) in [7, 11) is 0. The Morgan fingerprint density at radius 1 is 1.43 bits per heavy atom. The van der Waals surface area contributed by atoms with Crippen LogP contribution in [0.4, 0.5) is 0 Å². The zero-order valence-corrected chi connectivity index (χ0v) is 12.2. The number of pyridine rings is 1. The Labute approximate surface area is 124 Å². The lowest BCUT2D eigenvalue weighted by Crippen LogP contribution is -2.44. The van der Waals surface area contributed by atoms with Crippen molar-refractivity contribution >= 4 is 11.9 Å². The number of aryl methyl sites for hydroxylation is 1. The number of carbonyl (C=O) groups is 2. The fourth-order valence-electron chi connectivity index (χ4n) is 3.83. The number of fused-ring (bicyclic) bond motifs is 1. The van der Waals surface area contributed by atoms with Gasteiger partial charge in [0.05, 0.1) is 12.1 Å². The first-order valence-electron chi connectivity index (χ1n) is 7.50. The molecule has 1 amide bonds. The summed E-state index contributed by atoms with van der Waals surface area (Å²) in [6, 6.07) is 3.11. The number of likely N-dealkylation sites (tertiary alicyclic amines) is 1. The van der Waals surface area contributed by atoms with Crippen molar-refractivity contribution in [3.8, 4) is 0 Å². The second kappa shape index (κ2) is 5.47. The Bertz CT molecular complexity index is 572. The first kappa shape index (κ1) is 14.0. The molecule has 5 heteroatoms. The minimum absolute atomic E-state index is 0.112. The molecule has 112 valence electrons. The van der Waals surface area contributed by atoms with Crippen molar-refractivity contribution in [2.24, 2.45) is 11.8 Å². The van der Waals surface area contributed by atoms with Gasteiger partial charge in [0.1, 0.15) is 6.04 Å². The maximum Gasteiger partial charge on any atom is 0.326 e. The third kappa shape index (κ3) is 2.52. The van der Waals surface area contributed by atoms with Crippen LogP contribution in [0.5, 0.6) is 0 Å². The van der Waals surface area contributed by atoms with E-state index in [0.29, 0.717) is 12.5 Å². The van der Waals surface area contributed by atoms with E-state index in [-0.39, 0.29) is 18.2 Å². The predicted octanol–water partition coefficient (Wildman–Crippen LogP) is 1.64. The summed E-state index contributed by atoms with van der Waals surface area (Å²) in [6.07, 6.45) is 4.91. The van der Waals surface area contributed by atoms with Crippen molar-refractivity contribution in [2.75, 3.05) is 6.54 Å². The SMILES string of the molecule is Cc1cccnc1CC(=O)N1CC2CCCC2C1C(=O)O. The molecule has 1 aliphatic heterocycles. The Morgan fingerprint density at radius 2 is 2.24 bits per heavy atom. The Balaban J connectivity index is 1.78. The molecule has 1 N–H and O–H groups in total. The second-order valence-electron chi connectivity index (χ2n) is 6.13. The first-order chi connectivity index (χ1) is 10.1. The summed E-state index contributed by atoms with van der Waals surface area (Å²) >= 11 is 0. The average molecular weight is 288 g/mol. The molecule has 0 bridgehead atoms. The number of nitrogens with zero attached hydrogens (tertiary/aromatic N) is 2. The number of aliphatic carboxylic acids is 1. The summed E-state index contributed by atoms with van der Waals surface area (Å²) < 4.78 is 0. The lowest BCUT2D eigenvalue weighted by Gasteiger charge is -2.24. The van der Waals surface area contributed by atoms with Crippen molar-refractivity contribution in [1.29, 1.82) is 0 Å². The van der Waals surface area contributed by atoms with Crippen LogP contribution in [-0.4, -0.2) is 39.5 Å². The minimum atomic E-state index is -0.865. The monoisotopic (exact) mass is 288 g/mol. The van der Waals surface area contributed by atoms with E-state index in [9.17, 15) is 14.7 Å². The van der Waals surface area contributed by atoms with Gasteiger partial charge in [-0.1, -0.05) is 12.5 Å². The van der Waals surface area contributed by atoms with Gasteiger partial charge in [0.15, 0.2) is 0 Å². The first-order valence-corrected chi connectivity index (χ1v) is 7.50. The van der Waals surface area contributed by atoms with Gasteiger partial charge in [-0.05, 0) is 43.2 Å². The number of hydrogen-bond donors (Lipinski definition) is 1. The molecule has 21 heavy (non-hydrogen) atoms. The molecule has 2 aliphatic rings. The van der Waals surface area contributed by atoms with Crippen molar-refractivity contribution in [3.05, 3.63) is 29.6 Å². The molecule has 3 rings (SSSR count). The third-order valence-electron chi connectivity index (χ3n) is 4.90. The molecule has 1 saturated carbocycles. The molecule has 0 aromatic carbocycles. The highest BCUT2D eigenvalue weighted by Crippen LogP contribution is 2.42. The van der Waals surface area contributed by atoms with E-state index in [4.69, 9.17) is 0 Å². The van der Waals surface area contributed by atoms with Gasteiger partial charge >= 0.3 is 5.97 Å². The summed E-state index contributed by atoms with van der Waals surface area (Å²) in [5.74, 6) is -0.481. The van der Waals surface area contributed by atoms with E-state index >= 15 is 0 Å². The largest absolute Gasteiger partial charge is 0.480 e. The number of carboxylic acid groups (broad SMARTS) is 1. The number of amides is 1. The van der Waals surface area contributed by atoms with Gasteiger partial charge in [0.25, 0.3) is 0 Å². The van der Waals surface area contributed by atoms with Crippen LogP contribution in [0.2, 0.25) is 0 Å². The standard InChI is InChI=1S/C16H20N2O3/c1-10-4-3-7-17-13(10)8-14(19)18-9-11-5-2-6-12(11)15(18)16(20)21/h3-4,7,11-12,15H,2,5-6,8-9H2,1H3,(H,20,21). The Morgan fingerprint density at radius 3 is 2.95 bits per heavy atom. The van der Waals surface area contributed by atoms with Crippen molar-refractivity contribution in [3.63, 3.8) is 0 Å². The highest BCUT2D eigenvalue weighted by molar-refractivity contribution is 5.86. The fraction of sp³-hybridized carbons (Fsp3) is 0.562. The quantitative estimate of drug-likeness (QED) is 0.918. The molecule has 3 atom stereocenters. The molecule has 2 heterocycles. The molecule has 1 aliphatic carbocycles. The molecule has 1 saturated heterocycles. The molecule has 2 fully saturated rings. The number of hydrogen-bond acceptors (Lipinski definition) is 3. The number of aromatic nitrogens is 1. The minimum Gasteiger partial charge on any atom is -0.480 e. The van der Waals surface area contributed by atoms with Gasteiger partial charge in [-0.3, -0.25) is 9.78 Å². The molecule has 0 spiro atoms. The van der Waals surface area contributed by atoms with E-state index in [1.807, 2.05) is 19.1 Å². The van der Waals surface area contributed by atoms with Crippen molar-refractivity contribution in [1.82, 2.24) is 9.88 Å². The van der Waals surface area contributed by atoms with Gasteiger partial charge in [-0.25, -0.2) is 4.79 Å². The van der Waals surface area contributed by atoms with Crippen LogP contribution in [0.1, 0.15) is 30.5 Å². The van der Waals surface area contributed by atoms with Crippen LogP contribution >= 0.6 is 0 Å². The van der Waals surface area contributed by atoms with Crippen molar-refractivity contribution in [2.45, 2.75) is 38.6 Å². The zero-order chi connectivity index (χ0) is 15.0. The van der Waals surface area contributed by atoms with Gasteiger partial charge in [-0.15, -0.1) is 0 Å². The summed E-state index contributed by atoms with van der Waals surface area (Å²) in [5, 5.41) is 9.49. The van der Waals surface area contributed by atoms with Crippen LogP contribution in [0.25, 0.3) is 0 Å². The molecular weight excluding hydrogens is 268 g/mol. The third-order valence-corrected chi connectivity index (χ3v) is 4.90. The summed E-state index contributed by atoms with van der Waals surface area (Å²) in [5.41, 5.74) is 1.71. The van der Waals surface area contributed by atoms with Crippen molar-refractivity contribution < 1.29 is 14.7 Å². The van der Waals surface area contributed by atoms with Crippen LogP contribution < -0.4 is 0 Å². The average Bonchev–Trinajstić information content (AvgIpc) is 3.00. The molecule has 1 aromatic rings. The smallest absolute Gasteiger partial charge is 0.326 e. The number of carbonyl (C=O) groups excluding carboxylic acids is 1. The molecule has 5 nitrogen and oxygen atoms in total. The molecular formula is C16H20N2O3. The van der Waals surface area contributed by atoms with E-state index in [0.717, 1.165) is 30.5 Å². The highest BCUT2D eigenvalue weighted by atomic mass is 16.4. The molecule has 3 unspecified atom stereocenters. The van der Waals surface area contributed by atoms with E-state index in [1.54, 1.807) is 11.1 Å². The molecule has 1 aromatic heterocycles. The maximum absolute atomic E-state index is 12.5. The number of carboxylic acids is 1. The van der Waals surface area contributed by atoms with Crippen LogP contribution in [0.15, 0.2) is 18.3 Å². The normalized spacial score (nSPS) is 27.7. The van der Waals surface area contributed by atoms with Crippen LogP contribution in [0.3, 0.4) is 0 Å². The van der Waals surface area contributed by atoms with Gasteiger partial charge in [-0.2, -0.15) is 0 Å².